The van der Waals surface area contributed by atoms with Gasteiger partial charge in [0, 0.05) is 24.7 Å². The molecular formula is C13H20ClNO2. The Labute approximate surface area is 108 Å². The number of benzene rings is 1. The molecule has 17 heavy (non-hydrogen) atoms. The van der Waals surface area contributed by atoms with E-state index in [0.717, 1.165) is 12.1 Å². The van der Waals surface area contributed by atoms with Gasteiger partial charge in [-0.15, -0.1) is 12.4 Å². The van der Waals surface area contributed by atoms with Crippen LogP contribution in [0.4, 0.5) is 0 Å². The van der Waals surface area contributed by atoms with Crippen molar-refractivity contribution in [1.29, 1.82) is 0 Å². The van der Waals surface area contributed by atoms with Crippen LogP contribution in [-0.4, -0.2) is 16.8 Å². The minimum Gasteiger partial charge on any atom is -0.508 e. The molecule has 3 N–H and O–H groups in total. The number of phenols is 2. The molecule has 0 unspecified atom stereocenters. The van der Waals surface area contributed by atoms with Crippen LogP contribution in [0.3, 0.4) is 0 Å². The topological polar surface area (TPSA) is 52.5 Å². The number of aromatic hydroxyl groups is 2. The van der Waals surface area contributed by atoms with Gasteiger partial charge in [-0.25, -0.2) is 0 Å². The summed E-state index contributed by atoms with van der Waals surface area (Å²) in [5.41, 5.74) is 1.36. The molecule has 1 aromatic carbocycles. The van der Waals surface area contributed by atoms with E-state index in [4.69, 9.17) is 5.11 Å². The number of halogens is 1. The zero-order chi connectivity index (χ0) is 11.6. The van der Waals surface area contributed by atoms with Gasteiger partial charge in [-0.2, -0.15) is 0 Å². The molecule has 0 amide bonds. The number of hydrogen-bond donors (Lipinski definition) is 3. The molecule has 1 saturated carbocycles. The second kappa shape index (κ2) is 5.61. The maximum atomic E-state index is 9.59. The molecule has 0 radical (unpaired) electrons. The third-order valence-corrected chi connectivity index (χ3v) is 3.59. The number of hydrogen-bond acceptors (Lipinski definition) is 3. The van der Waals surface area contributed by atoms with Crippen molar-refractivity contribution in [3.05, 3.63) is 23.8 Å². The van der Waals surface area contributed by atoms with E-state index in [-0.39, 0.29) is 23.9 Å². The van der Waals surface area contributed by atoms with Gasteiger partial charge >= 0.3 is 0 Å². The fourth-order valence-electron chi connectivity index (χ4n) is 2.00. The molecule has 3 nitrogen and oxygen atoms in total. The fourth-order valence-corrected chi connectivity index (χ4v) is 2.00. The third kappa shape index (κ3) is 3.51. The maximum Gasteiger partial charge on any atom is 0.123 e. The van der Waals surface area contributed by atoms with Crippen LogP contribution in [0.2, 0.25) is 0 Å². The largest absolute Gasteiger partial charge is 0.508 e. The summed E-state index contributed by atoms with van der Waals surface area (Å²) < 4.78 is 0. The SMILES string of the molecule is CCC1(CNCc2ccc(O)cc2O)CC1.Cl. The van der Waals surface area contributed by atoms with E-state index >= 15 is 0 Å². The Morgan fingerprint density at radius 2 is 2.00 bits per heavy atom. The summed E-state index contributed by atoms with van der Waals surface area (Å²) in [5, 5.41) is 22.1. The summed E-state index contributed by atoms with van der Waals surface area (Å²) in [6, 6.07) is 4.73. The zero-order valence-electron chi connectivity index (χ0n) is 10.1. The summed E-state index contributed by atoms with van der Waals surface area (Å²) >= 11 is 0. The van der Waals surface area contributed by atoms with Crippen LogP contribution in [0, 0.1) is 5.41 Å². The van der Waals surface area contributed by atoms with Crippen LogP contribution >= 0.6 is 12.4 Å². The highest BCUT2D eigenvalue weighted by atomic mass is 35.5. The molecule has 96 valence electrons. The van der Waals surface area contributed by atoms with Crippen molar-refractivity contribution in [2.45, 2.75) is 32.7 Å². The third-order valence-electron chi connectivity index (χ3n) is 3.59. The van der Waals surface area contributed by atoms with Crippen LogP contribution in [0.15, 0.2) is 18.2 Å². The summed E-state index contributed by atoms with van der Waals surface area (Å²) in [7, 11) is 0. The Bertz CT molecular complexity index is 378. The Hall–Kier alpha value is -0.930. The molecule has 1 fully saturated rings. The predicted molar refractivity (Wildman–Crippen MR) is 70.7 cm³/mol. The lowest BCUT2D eigenvalue weighted by atomic mass is 10.0. The number of rotatable bonds is 5. The minimum atomic E-state index is 0. The van der Waals surface area contributed by atoms with Crippen molar-refractivity contribution in [3.63, 3.8) is 0 Å². The molecule has 1 aromatic rings. The van der Waals surface area contributed by atoms with Gasteiger partial charge < -0.3 is 15.5 Å². The van der Waals surface area contributed by atoms with Crippen LogP contribution in [0.25, 0.3) is 0 Å². The standard InChI is InChI=1S/C13H19NO2.ClH/c1-2-13(5-6-13)9-14-8-10-3-4-11(15)7-12(10)16;/h3-4,7,14-16H,2,5-6,8-9H2,1H3;1H. The zero-order valence-corrected chi connectivity index (χ0v) is 10.9. The summed E-state index contributed by atoms with van der Waals surface area (Å²) in [6.07, 6.45) is 3.86. The first-order chi connectivity index (χ1) is 7.65. The van der Waals surface area contributed by atoms with E-state index in [2.05, 4.69) is 12.2 Å². The molecule has 0 bridgehead atoms. The van der Waals surface area contributed by atoms with Crippen molar-refractivity contribution >= 4 is 12.4 Å². The molecule has 1 aliphatic rings. The first kappa shape index (κ1) is 14.1. The number of phenolic OH excluding ortho intramolecular Hbond substituents is 2. The van der Waals surface area contributed by atoms with E-state index in [1.165, 1.54) is 25.3 Å². The highest BCUT2D eigenvalue weighted by molar-refractivity contribution is 5.85. The fraction of sp³-hybridized carbons (Fsp3) is 0.538. The number of nitrogens with one attached hydrogen (secondary N) is 1. The van der Waals surface area contributed by atoms with E-state index in [1.54, 1.807) is 12.1 Å². The molecule has 0 heterocycles. The van der Waals surface area contributed by atoms with Crippen molar-refractivity contribution in [2.75, 3.05) is 6.54 Å². The van der Waals surface area contributed by atoms with Gasteiger partial charge in [0.15, 0.2) is 0 Å². The monoisotopic (exact) mass is 257 g/mol. The molecule has 1 aliphatic carbocycles. The molecule has 0 saturated heterocycles. The van der Waals surface area contributed by atoms with Crippen LogP contribution in [0.5, 0.6) is 11.5 Å². The normalized spacial score (nSPS) is 16.3. The summed E-state index contributed by atoms with van der Waals surface area (Å²) in [5.74, 6) is 0.266. The molecule has 0 aromatic heterocycles. The first-order valence-corrected chi connectivity index (χ1v) is 5.87. The Kier molecular flexibility index (Phi) is 4.66. The Morgan fingerprint density at radius 3 is 2.53 bits per heavy atom. The van der Waals surface area contributed by atoms with Crippen molar-refractivity contribution < 1.29 is 10.2 Å². The van der Waals surface area contributed by atoms with Crippen molar-refractivity contribution in [1.82, 2.24) is 5.32 Å². The molecule has 0 aliphatic heterocycles. The highest BCUT2D eigenvalue weighted by Gasteiger charge is 2.39. The van der Waals surface area contributed by atoms with Crippen LogP contribution in [0.1, 0.15) is 31.7 Å². The quantitative estimate of drug-likeness (QED) is 0.760. The van der Waals surface area contributed by atoms with E-state index < -0.39 is 0 Å². The molecule has 2 rings (SSSR count). The van der Waals surface area contributed by atoms with Crippen molar-refractivity contribution in [3.8, 4) is 11.5 Å². The predicted octanol–water partition coefficient (Wildman–Crippen LogP) is 2.80. The summed E-state index contributed by atoms with van der Waals surface area (Å²) in [6.45, 7) is 3.91. The average molecular weight is 258 g/mol. The lowest BCUT2D eigenvalue weighted by Crippen LogP contribution is -2.23. The van der Waals surface area contributed by atoms with E-state index in [9.17, 15) is 5.11 Å². The van der Waals surface area contributed by atoms with Crippen LogP contribution in [-0.2, 0) is 6.54 Å². The first-order valence-electron chi connectivity index (χ1n) is 5.87. The van der Waals surface area contributed by atoms with Gasteiger partial charge in [0.1, 0.15) is 11.5 Å². The molecule has 4 heteroatoms. The second-order valence-corrected chi connectivity index (χ2v) is 4.77. The second-order valence-electron chi connectivity index (χ2n) is 4.77. The molecule has 0 spiro atoms. The van der Waals surface area contributed by atoms with Gasteiger partial charge in [-0.1, -0.05) is 13.0 Å². The van der Waals surface area contributed by atoms with Gasteiger partial charge in [0.25, 0.3) is 0 Å². The Balaban J connectivity index is 0.00000144. The molecular weight excluding hydrogens is 238 g/mol. The maximum absolute atomic E-state index is 9.59. The van der Waals surface area contributed by atoms with Gasteiger partial charge in [0.05, 0.1) is 0 Å². The minimum absolute atomic E-state index is 0. The van der Waals surface area contributed by atoms with Gasteiger partial charge in [-0.3, -0.25) is 0 Å². The summed E-state index contributed by atoms with van der Waals surface area (Å²) in [4.78, 5) is 0. The lowest BCUT2D eigenvalue weighted by Gasteiger charge is -2.13. The van der Waals surface area contributed by atoms with E-state index in [0.29, 0.717) is 12.0 Å². The van der Waals surface area contributed by atoms with E-state index in [1.807, 2.05) is 0 Å². The smallest absolute Gasteiger partial charge is 0.123 e. The lowest BCUT2D eigenvalue weighted by molar-refractivity contribution is 0.426. The molecule has 0 atom stereocenters. The Morgan fingerprint density at radius 1 is 1.29 bits per heavy atom. The average Bonchev–Trinajstić information content (AvgIpc) is 3.02. The highest BCUT2D eigenvalue weighted by Crippen LogP contribution is 2.47. The van der Waals surface area contributed by atoms with Crippen LogP contribution < -0.4 is 5.32 Å². The van der Waals surface area contributed by atoms with Crippen molar-refractivity contribution in [2.24, 2.45) is 5.41 Å². The van der Waals surface area contributed by atoms with Gasteiger partial charge in [-0.05, 0) is 30.7 Å². The van der Waals surface area contributed by atoms with Gasteiger partial charge in [0.2, 0.25) is 0 Å².